The van der Waals surface area contributed by atoms with Crippen molar-refractivity contribution in [3.8, 4) is 0 Å². The number of amides is 1. The summed E-state index contributed by atoms with van der Waals surface area (Å²) in [6.07, 6.45) is 2.18. The molecule has 1 N–H and O–H groups in total. The third-order valence-electron chi connectivity index (χ3n) is 2.39. The van der Waals surface area contributed by atoms with Gasteiger partial charge in [0.1, 0.15) is 0 Å². The lowest BCUT2D eigenvalue weighted by Gasteiger charge is -2.10. The van der Waals surface area contributed by atoms with Gasteiger partial charge < -0.3 is 5.32 Å². The highest BCUT2D eigenvalue weighted by Gasteiger charge is 2.09. The molecule has 0 bridgehead atoms. The maximum Gasteiger partial charge on any atom is 0.251 e. The van der Waals surface area contributed by atoms with E-state index in [9.17, 15) is 4.79 Å². The summed E-state index contributed by atoms with van der Waals surface area (Å²) in [5.74, 6) is -0.0186. The summed E-state index contributed by atoms with van der Waals surface area (Å²) in [5, 5.41) is 2.93. The molecule has 0 radical (unpaired) electrons. The molecule has 4 heteroatoms. The lowest BCUT2D eigenvalue weighted by Crippen LogP contribution is -2.29. The minimum atomic E-state index is -0.0186. The van der Waals surface area contributed by atoms with Crippen LogP contribution in [0.25, 0.3) is 0 Å². The van der Waals surface area contributed by atoms with E-state index in [0.29, 0.717) is 16.9 Å². The van der Waals surface area contributed by atoms with Crippen molar-refractivity contribution < 1.29 is 4.79 Å². The Morgan fingerprint density at radius 1 is 1.41 bits per heavy atom. The molecule has 0 aliphatic heterocycles. The molecule has 17 heavy (non-hydrogen) atoms. The molecule has 0 heterocycles. The summed E-state index contributed by atoms with van der Waals surface area (Å²) < 4.78 is 0.937. The van der Waals surface area contributed by atoms with Gasteiger partial charge in [-0.3, -0.25) is 4.79 Å². The Morgan fingerprint density at radius 2 is 2.12 bits per heavy atom. The van der Waals surface area contributed by atoms with Gasteiger partial charge in [0.15, 0.2) is 0 Å². The predicted molar refractivity (Wildman–Crippen MR) is 78.8 cm³/mol. The number of alkyl halides is 1. The molecule has 0 saturated heterocycles. The van der Waals surface area contributed by atoms with Gasteiger partial charge in [-0.15, -0.1) is 0 Å². The van der Waals surface area contributed by atoms with Gasteiger partial charge in [0, 0.05) is 21.4 Å². The smallest absolute Gasteiger partial charge is 0.251 e. The number of carbonyl (C=O) groups excluding carboxylic acids is 1. The van der Waals surface area contributed by atoms with E-state index >= 15 is 0 Å². The molecule has 1 unspecified atom stereocenters. The topological polar surface area (TPSA) is 29.1 Å². The monoisotopic (exact) mass is 361 g/mol. The Labute approximate surface area is 119 Å². The summed E-state index contributed by atoms with van der Waals surface area (Å²) in [4.78, 5) is 12.3. The number of halogens is 2. The van der Waals surface area contributed by atoms with E-state index in [2.05, 4.69) is 44.1 Å². The highest BCUT2D eigenvalue weighted by molar-refractivity contribution is 9.10. The van der Waals surface area contributed by atoms with Crippen LogP contribution in [0.4, 0.5) is 0 Å². The largest absolute Gasteiger partial charge is 0.351 e. The number of hydrogen-bond donors (Lipinski definition) is 1. The summed E-state index contributed by atoms with van der Waals surface area (Å²) in [6.45, 7) is 4.78. The number of carbonyl (C=O) groups is 1. The molecule has 0 fully saturated rings. The van der Waals surface area contributed by atoms with Crippen molar-refractivity contribution in [2.24, 2.45) is 0 Å². The van der Waals surface area contributed by atoms with Gasteiger partial charge >= 0.3 is 0 Å². The number of aryl methyl sites for hydroxylation is 1. The average Bonchev–Trinajstić information content (AvgIpc) is 2.25. The lowest BCUT2D eigenvalue weighted by atomic mass is 10.1. The SMILES string of the molecule is CCCC(Br)CNC(=O)c1cc(C)cc(Br)c1. The third kappa shape index (κ3) is 5.21. The van der Waals surface area contributed by atoms with E-state index < -0.39 is 0 Å². The Bertz CT molecular complexity index is 373. The summed E-state index contributed by atoms with van der Waals surface area (Å²) in [5.41, 5.74) is 1.78. The summed E-state index contributed by atoms with van der Waals surface area (Å²) >= 11 is 6.94. The number of benzene rings is 1. The van der Waals surface area contributed by atoms with E-state index in [4.69, 9.17) is 0 Å². The third-order valence-corrected chi connectivity index (χ3v) is 3.63. The molecule has 1 rings (SSSR count). The molecule has 0 aromatic heterocycles. The zero-order valence-electron chi connectivity index (χ0n) is 10.1. The Balaban J connectivity index is 2.58. The van der Waals surface area contributed by atoms with Crippen molar-refractivity contribution in [2.45, 2.75) is 31.5 Å². The first-order valence-electron chi connectivity index (χ1n) is 5.72. The fourth-order valence-electron chi connectivity index (χ4n) is 1.59. The van der Waals surface area contributed by atoms with E-state index in [1.807, 2.05) is 25.1 Å². The van der Waals surface area contributed by atoms with Crippen LogP contribution in [0.5, 0.6) is 0 Å². The van der Waals surface area contributed by atoms with Crippen LogP contribution in [-0.2, 0) is 0 Å². The molecule has 1 aromatic carbocycles. The highest BCUT2D eigenvalue weighted by atomic mass is 79.9. The zero-order chi connectivity index (χ0) is 12.8. The van der Waals surface area contributed by atoms with Crippen molar-refractivity contribution in [2.75, 3.05) is 6.54 Å². The highest BCUT2D eigenvalue weighted by Crippen LogP contribution is 2.15. The van der Waals surface area contributed by atoms with Crippen molar-refractivity contribution in [3.05, 3.63) is 33.8 Å². The first kappa shape index (κ1) is 14.7. The molecule has 0 saturated carbocycles. The molecule has 0 aliphatic carbocycles. The van der Waals surface area contributed by atoms with Gasteiger partial charge in [0.2, 0.25) is 0 Å². The van der Waals surface area contributed by atoms with E-state index in [0.717, 1.165) is 22.9 Å². The van der Waals surface area contributed by atoms with Gasteiger partial charge in [-0.05, 0) is 37.1 Å². The van der Waals surface area contributed by atoms with Gasteiger partial charge in [-0.25, -0.2) is 0 Å². The Morgan fingerprint density at radius 3 is 2.71 bits per heavy atom. The second kappa shape index (κ2) is 7.17. The van der Waals surface area contributed by atoms with Crippen molar-refractivity contribution >= 4 is 37.8 Å². The fraction of sp³-hybridized carbons (Fsp3) is 0.462. The molecule has 2 nitrogen and oxygen atoms in total. The molecular formula is C13H17Br2NO. The Kier molecular flexibility index (Phi) is 6.20. The van der Waals surface area contributed by atoms with Crippen LogP contribution in [0, 0.1) is 6.92 Å². The van der Waals surface area contributed by atoms with Crippen molar-refractivity contribution in [1.29, 1.82) is 0 Å². The summed E-state index contributed by atoms with van der Waals surface area (Å²) in [7, 11) is 0. The van der Waals surface area contributed by atoms with Crippen LogP contribution in [0.2, 0.25) is 0 Å². The van der Waals surface area contributed by atoms with Crippen LogP contribution in [0.15, 0.2) is 22.7 Å². The number of nitrogens with one attached hydrogen (secondary N) is 1. The van der Waals surface area contributed by atoms with Crippen LogP contribution >= 0.6 is 31.9 Å². The van der Waals surface area contributed by atoms with Crippen LogP contribution < -0.4 is 5.32 Å². The maximum atomic E-state index is 11.9. The predicted octanol–water partition coefficient (Wildman–Crippen LogP) is 4.05. The second-order valence-electron chi connectivity index (χ2n) is 4.11. The molecular weight excluding hydrogens is 346 g/mol. The molecule has 1 amide bonds. The molecule has 1 aromatic rings. The maximum absolute atomic E-state index is 11.9. The summed E-state index contributed by atoms with van der Waals surface area (Å²) in [6, 6.07) is 5.72. The second-order valence-corrected chi connectivity index (χ2v) is 6.32. The van der Waals surface area contributed by atoms with E-state index in [-0.39, 0.29) is 5.91 Å². The fourth-order valence-corrected chi connectivity index (χ4v) is 2.82. The van der Waals surface area contributed by atoms with Gasteiger partial charge in [0.25, 0.3) is 5.91 Å². The standard InChI is InChI=1S/C13H17Br2NO/c1-3-4-11(14)8-16-13(17)10-5-9(2)6-12(15)7-10/h5-7,11H,3-4,8H2,1-2H3,(H,16,17). The first-order chi connectivity index (χ1) is 8.02. The molecule has 0 aliphatic rings. The van der Waals surface area contributed by atoms with Gasteiger partial charge in [-0.2, -0.15) is 0 Å². The van der Waals surface area contributed by atoms with Gasteiger partial charge in [-0.1, -0.05) is 45.2 Å². The zero-order valence-corrected chi connectivity index (χ0v) is 13.3. The normalized spacial score (nSPS) is 12.2. The molecule has 0 spiro atoms. The average molecular weight is 363 g/mol. The quantitative estimate of drug-likeness (QED) is 0.786. The number of rotatable bonds is 5. The first-order valence-corrected chi connectivity index (χ1v) is 7.43. The van der Waals surface area contributed by atoms with Crippen molar-refractivity contribution in [1.82, 2.24) is 5.32 Å². The minimum Gasteiger partial charge on any atom is -0.351 e. The van der Waals surface area contributed by atoms with E-state index in [1.54, 1.807) is 0 Å². The van der Waals surface area contributed by atoms with Crippen molar-refractivity contribution in [3.63, 3.8) is 0 Å². The Hall–Kier alpha value is -0.350. The van der Waals surface area contributed by atoms with E-state index in [1.165, 1.54) is 0 Å². The van der Waals surface area contributed by atoms with Gasteiger partial charge in [0.05, 0.1) is 0 Å². The molecule has 94 valence electrons. The van der Waals surface area contributed by atoms with Crippen LogP contribution in [0.1, 0.15) is 35.7 Å². The molecule has 1 atom stereocenters. The van der Waals surface area contributed by atoms with Crippen LogP contribution in [0.3, 0.4) is 0 Å². The lowest BCUT2D eigenvalue weighted by molar-refractivity contribution is 0.0953. The number of hydrogen-bond acceptors (Lipinski definition) is 1. The minimum absolute atomic E-state index is 0.0186. The van der Waals surface area contributed by atoms with Crippen LogP contribution in [-0.4, -0.2) is 17.3 Å².